The van der Waals surface area contributed by atoms with Crippen LogP contribution in [-0.2, 0) is 5.67 Å². The summed E-state index contributed by atoms with van der Waals surface area (Å²) in [5.41, 5.74) is 11.6. The minimum atomic E-state index is -1.20. The zero-order chi connectivity index (χ0) is 12.8. The first-order valence-corrected chi connectivity index (χ1v) is 6.83. The second-order valence-corrected chi connectivity index (χ2v) is 6.06. The Bertz CT molecular complexity index is 425. The number of halogens is 1. The highest BCUT2D eigenvalue weighted by atomic mass is 19.1. The van der Waals surface area contributed by atoms with Gasteiger partial charge in [0.2, 0.25) is 0 Å². The molecule has 18 heavy (non-hydrogen) atoms. The first kappa shape index (κ1) is 12.1. The SMILES string of the molecule is NC1CCC(N)([C@H]2C[C@]2(F)c2ccccc2)CC1. The van der Waals surface area contributed by atoms with E-state index in [2.05, 4.69) is 0 Å². The molecular formula is C15H21FN2. The van der Waals surface area contributed by atoms with E-state index in [9.17, 15) is 4.39 Å². The van der Waals surface area contributed by atoms with Gasteiger partial charge in [-0.05, 0) is 37.7 Å². The van der Waals surface area contributed by atoms with Gasteiger partial charge in [0.1, 0.15) is 5.67 Å². The number of alkyl halides is 1. The van der Waals surface area contributed by atoms with Gasteiger partial charge in [-0.2, -0.15) is 0 Å². The number of nitrogens with two attached hydrogens (primary N) is 2. The van der Waals surface area contributed by atoms with Gasteiger partial charge in [0.05, 0.1) is 0 Å². The number of hydrogen-bond donors (Lipinski definition) is 2. The lowest BCUT2D eigenvalue weighted by molar-refractivity contribution is 0.180. The third-order valence-electron chi connectivity index (χ3n) is 4.80. The van der Waals surface area contributed by atoms with Crippen LogP contribution in [0.4, 0.5) is 4.39 Å². The van der Waals surface area contributed by atoms with Gasteiger partial charge >= 0.3 is 0 Å². The lowest BCUT2D eigenvalue weighted by Gasteiger charge is -2.37. The van der Waals surface area contributed by atoms with Crippen molar-refractivity contribution < 1.29 is 4.39 Å². The van der Waals surface area contributed by atoms with Gasteiger partial charge < -0.3 is 11.5 Å². The maximum atomic E-state index is 14.9. The minimum absolute atomic E-state index is 0.0279. The summed E-state index contributed by atoms with van der Waals surface area (Å²) < 4.78 is 14.9. The molecule has 2 fully saturated rings. The van der Waals surface area contributed by atoms with E-state index in [4.69, 9.17) is 11.5 Å². The molecule has 0 amide bonds. The van der Waals surface area contributed by atoms with Crippen LogP contribution in [0.5, 0.6) is 0 Å². The molecule has 1 aromatic carbocycles. The Morgan fingerprint density at radius 3 is 2.33 bits per heavy atom. The highest BCUT2D eigenvalue weighted by Gasteiger charge is 2.64. The summed E-state index contributed by atoms with van der Waals surface area (Å²) in [4.78, 5) is 0. The lowest BCUT2D eigenvalue weighted by Crippen LogP contribution is -2.49. The standard InChI is InChI=1S/C15H21FN2/c16-15(11-4-2-1-3-5-11)10-13(15)14(18)8-6-12(17)7-9-14/h1-5,12-13H,6-10,17-18H2/t12?,13-,14?,15+/m1/s1. The van der Waals surface area contributed by atoms with Gasteiger partial charge in [-0.15, -0.1) is 0 Å². The average Bonchev–Trinajstić information content (AvgIpc) is 3.09. The van der Waals surface area contributed by atoms with Gasteiger partial charge in [-0.25, -0.2) is 4.39 Å². The van der Waals surface area contributed by atoms with E-state index in [0.717, 1.165) is 31.2 Å². The Morgan fingerprint density at radius 2 is 1.72 bits per heavy atom. The monoisotopic (exact) mass is 248 g/mol. The molecule has 0 radical (unpaired) electrons. The van der Waals surface area contributed by atoms with Crippen LogP contribution in [0.15, 0.2) is 30.3 Å². The van der Waals surface area contributed by atoms with Gasteiger partial charge in [0.25, 0.3) is 0 Å². The summed E-state index contributed by atoms with van der Waals surface area (Å²) in [7, 11) is 0. The molecule has 2 aliphatic carbocycles. The highest BCUT2D eigenvalue weighted by Crippen LogP contribution is 2.62. The summed E-state index contributed by atoms with van der Waals surface area (Å²) in [6.07, 6.45) is 4.15. The van der Waals surface area contributed by atoms with Crippen molar-refractivity contribution in [1.82, 2.24) is 0 Å². The first-order valence-electron chi connectivity index (χ1n) is 6.83. The van der Waals surface area contributed by atoms with Gasteiger partial charge in [0, 0.05) is 17.5 Å². The predicted molar refractivity (Wildman–Crippen MR) is 70.7 cm³/mol. The number of benzene rings is 1. The van der Waals surface area contributed by atoms with Crippen molar-refractivity contribution in [2.75, 3.05) is 0 Å². The molecule has 0 aromatic heterocycles. The Morgan fingerprint density at radius 1 is 1.11 bits per heavy atom. The Hall–Kier alpha value is -0.930. The molecule has 1 aromatic rings. The highest BCUT2D eigenvalue weighted by molar-refractivity contribution is 5.32. The smallest absolute Gasteiger partial charge is 0.141 e. The normalized spacial score (nSPS) is 43.7. The molecule has 0 unspecified atom stereocenters. The molecule has 0 aliphatic heterocycles. The summed E-state index contributed by atoms with van der Waals surface area (Å²) in [5, 5.41) is 0. The average molecular weight is 248 g/mol. The van der Waals surface area contributed by atoms with Crippen molar-refractivity contribution in [2.24, 2.45) is 17.4 Å². The second kappa shape index (κ2) is 4.04. The molecule has 2 nitrogen and oxygen atoms in total. The molecule has 0 saturated heterocycles. The zero-order valence-electron chi connectivity index (χ0n) is 10.6. The van der Waals surface area contributed by atoms with Crippen molar-refractivity contribution in [3.05, 3.63) is 35.9 Å². The van der Waals surface area contributed by atoms with Crippen LogP contribution in [0, 0.1) is 5.92 Å². The topological polar surface area (TPSA) is 52.0 Å². The third-order valence-corrected chi connectivity index (χ3v) is 4.80. The Kier molecular flexibility index (Phi) is 2.72. The van der Waals surface area contributed by atoms with Gasteiger partial charge in [0.15, 0.2) is 0 Å². The van der Waals surface area contributed by atoms with Crippen molar-refractivity contribution in [3.8, 4) is 0 Å². The molecule has 2 aliphatic rings. The predicted octanol–water partition coefficient (Wildman–Crippen LogP) is 2.47. The van der Waals surface area contributed by atoms with Crippen LogP contribution in [0.2, 0.25) is 0 Å². The first-order chi connectivity index (χ1) is 8.55. The lowest BCUT2D eigenvalue weighted by atomic mass is 9.76. The molecule has 4 N–H and O–H groups in total. The fourth-order valence-corrected chi connectivity index (χ4v) is 3.46. The molecule has 0 bridgehead atoms. The quantitative estimate of drug-likeness (QED) is 0.844. The summed E-state index contributed by atoms with van der Waals surface area (Å²) >= 11 is 0. The van der Waals surface area contributed by atoms with Gasteiger partial charge in [-0.1, -0.05) is 30.3 Å². The molecule has 98 valence electrons. The van der Waals surface area contributed by atoms with Crippen LogP contribution in [0.25, 0.3) is 0 Å². The van der Waals surface area contributed by atoms with Gasteiger partial charge in [-0.3, -0.25) is 0 Å². The van der Waals surface area contributed by atoms with Crippen molar-refractivity contribution >= 4 is 0 Å². The fourth-order valence-electron chi connectivity index (χ4n) is 3.46. The molecule has 0 heterocycles. The van der Waals surface area contributed by atoms with Crippen LogP contribution >= 0.6 is 0 Å². The molecule has 3 heteroatoms. The molecule has 3 rings (SSSR count). The molecular weight excluding hydrogens is 227 g/mol. The second-order valence-electron chi connectivity index (χ2n) is 6.06. The van der Waals surface area contributed by atoms with E-state index in [0.29, 0.717) is 6.42 Å². The van der Waals surface area contributed by atoms with Crippen molar-refractivity contribution in [2.45, 2.75) is 49.4 Å². The van der Waals surface area contributed by atoms with E-state index in [1.807, 2.05) is 30.3 Å². The number of rotatable bonds is 2. The van der Waals surface area contributed by atoms with E-state index < -0.39 is 5.67 Å². The van der Waals surface area contributed by atoms with Crippen LogP contribution < -0.4 is 11.5 Å². The zero-order valence-corrected chi connectivity index (χ0v) is 10.6. The molecule has 2 atom stereocenters. The van der Waals surface area contributed by atoms with Crippen LogP contribution in [0.3, 0.4) is 0 Å². The van der Waals surface area contributed by atoms with E-state index in [1.54, 1.807) is 0 Å². The third kappa shape index (κ3) is 1.86. The van der Waals surface area contributed by atoms with Crippen molar-refractivity contribution in [1.29, 1.82) is 0 Å². The number of hydrogen-bond acceptors (Lipinski definition) is 2. The van der Waals surface area contributed by atoms with Crippen LogP contribution in [0.1, 0.15) is 37.7 Å². The Balaban J connectivity index is 1.77. The maximum absolute atomic E-state index is 14.9. The summed E-state index contributed by atoms with van der Waals surface area (Å²) in [6, 6.07) is 9.71. The Labute approximate surface area is 108 Å². The molecule has 2 saturated carbocycles. The fraction of sp³-hybridized carbons (Fsp3) is 0.600. The largest absolute Gasteiger partial charge is 0.328 e. The maximum Gasteiger partial charge on any atom is 0.141 e. The van der Waals surface area contributed by atoms with Crippen molar-refractivity contribution in [3.63, 3.8) is 0 Å². The molecule has 0 spiro atoms. The van der Waals surface area contributed by atoms with E-state index >= 15 is 0 Å². The van der Waals surface area contributed by atoms with E-state index in [-0.39, 0.29) is 17.5 Å². The summed E-state index contributed by atoms with van der Waals surface area (Å²) in [6.45, 7) is 0. The minimum Gasteiger partial charge on any atom is -0.328 e. The van der Waals surface area contributed by atoms with E-state index in [1.165, 1.54) is 0 Å². The van der Waals surface area contributed by atoms with Crippen LogP contribution in [-0.4, -0.2) is 11.6 Å². The summed E-state index contributed by atoms with van der Waals surface area (Å²) in [5.74, 6) is -0.0279.